The van der Waals surface area contributed by atoms with Gasteiger partial charge in [-0.05, 0) is 29.8 Å². The van der Waals surface area contributed by atoms with Crippen molar-refractivity contribution in [2.24, 2.45) is 0 Å². The number of pyridine rings is 2. The molecule has 0 unspecified atom stereocenters. The molecule has 1 aromatic carbocycles. The van der Waals surface area contributed by atoms with Gasteiger partial charge >= 0.3 is 0 Å². The Morgan fingerprint density at radius 3 is 2.90 bits per heavy atom. The van der Waals surface area contributed by atoms with E-state index in [-0.39, 0.29) is 0 Å². The molecule has 0 bridgehead atoms. The Hall–Kier alpha value is -3.98. The van der Waals surface area contributed by atoms with Gasteiger partial charge < -0.3 is 14.8 Å². The molecule has 31 heavy (non-hydrogen) atoms. The van der Waals surface area contributed by atoms with Gasteiger partial charge in [-0.2, -0.15) is 0 Å². The molecule has 5 aromatic rings. The van der Waals surface area contributed by atoms with Gasteiger partial charge in [-0.25, -0.2) is 15.0 Å². The van der Waals surface area contributed by atoms with Crippen molar-refractivity contribution >= 4 is 33.8 Å². The maximum atomic E-state index is 5.63. The summed E-state index contributed by atoms with van der Waals surface area (Å²) in [5.41, 5.74) is 3.67. The molecular formula is C22H21N7O2. The second-order valence-corrected chi connectivity index (χ2v) is 7.00. The van der Waals surface area contributed by atoms with Gasteiger partial charge in [-0.1, -0.05) is 12.1 Å². The highest BCUT2D eigenvalue weighted by molar-refractivity contribution is 5.79. The van der Waals surface area contributed by atoms with E-state index in [1.807, 2.05) is 22.9 Å². The fourth-order valence-corrected chi connectivity index (χ4v) is 3.30. The largest absolute Gasteiger partial charge is 0.491 e. The van der Waals surface area contributed by atoms with Crippen LogP contribution in [-0.4, -0.2) is 50.0 Å². The first-order valence-electron chi connectivity index (χ1n) is 9.88. The summed E-state index contributed by atoms with van der Waals surface area (Å²) in [4.78, 5) is 17.8. The van der Waals surface area contributed by atoms with Gasteiger partial charge in [-0.3, -0.25) is 14.8 Å². The summed E-state index contributed by atoms with van der Waals surface area (Å²) in [5, 5.41) is 7.52. The molecule has 4 aromatic heterocycles. The van der Waals surface area contributed by atoms with E-state index >= 15 is 0 Å². The highest BCUT2D eigenvalue weighted by Gasteiger charge is 2.11. The summed E-state index contributed by atoms with van der Waals surface area (Å²) in [6, 6.07) is 13.9. The molecule has 4 heterocycles. The molecule has 0 saturated heterocycles. The standard InChI is InChI=1S/C22H21N7O2/c1-30-9-10-31-17-6-8-24-19(12-17)26-20-13-25-21-22(27-20)29(28-21)14-15-4-5-18-16(11-15)3-2-7-23-18/h2-8,11-13H,9-10,14H2,1H3,(H,25,28)(H,24,26,27). The first-order chi connectivity index (χ1) is 15.3. The van der Waals surface area contributed by atoms with E-state index < -0.39 is 0 Å². The van der Waals surface area contributed by atoms with Gasteiger partial charge in [0.15, 0.2) is 17.1 Å². The van der Waals surface area contributed by atoms with E-state index in [9.17, 15) is 0 Å². The van der Waals surface area contributed by atoms with Gasteiger partial charge in [-0.15, -0.1) is 0 Å². The van der Waals surface area contributed by atoms with Gasteiger partial charge in [0.2, 0.25) is 0 Å². The normalized spacial score (nSPS) is 11.3. The molecule has 9 nitrogen and oxygen atoms in total. The Morgan fingerprint density at radius 2 is 1.97 bits per heavy atom. The number of fused-ring (bicyclic) bond motifs is 2. The number of hydrogen-bond donors (Lipinski definition) is 2. The molecule has 156 valence electrons. The number of H-pyrrole nitrogens is 1. The average molecular weight is 415 g/mol. The van der Waals surface area contributed by atoms with Crippen molar-refractivity contribution in [2.45, 2.75) is 6.54 Å². The number of benzene rings is 1. The van der Waals surface area contributed by atoms with Crippen LogP contribution in [-0.2, 0) is 11.3 Å². The monoisotopic (exact) mass is 415 g/mol. The second kappa shape index (κ2) is 8.41. The molecule has 0 saturated carbocycles. The van der Waals surface area contributed by atoms with E-state index in [0.717, 1.165) is 27.8 Å². The molecule has 2 N–H and O–H groups in total. The third-order valence-corrected chi connectivity index (χ3v) is 4.80. The van der Waals surface area contributed by atoms with Crippen LogP contribution in [0.4, 0.5) is 11.6 Å². The zero-order chi connectivity index (χ0) is 21.0. The number of aromatic amines is 1. The predicted molar refractivity (Wildman–Crippen MR) is 118 cm³/mol. The molecule has 0 aliphatic carbocycles. The smallest absolute Gasteiger partial charge is 0.194 e. The quantitative estimate of drug-likeness (QED) is 0.374. The first-order valence-corrected chi connectivity index (χ1v) is 9.88. The van der Waals surface area contributed by atoms with Crippen LogP contribution >= 0.6 is 0 Å². The van der Waals surface area contributed by atoms with Crippen molar-refractivity contribution in [2.75, 3.05) is 25.6 Å². The summed E-state index contributed by atoms with van der Waals surface area (Å²) >= 11 is 0. The van der Waals surface area contributed by atoms with Crippen LogP contribution < -0.4 is 10.1 Å². The number of hydrogen-bond acceptors (Lipinski definition) is 7. The predicted octanol–water partition coefficient (Wildman–Crippen LogP) is 3.52. The second-order valence-electron chi connectivity index (χ2n) is 7.00. The van der Waals surface area contributed by atoms with Crippen molar-refractivity contribution in [3.63, 3.8) is 0 Å². The van der Waals surface area contributed by atoms with Crippen LogP contribution in [0.25, 0.3) is 22.2 Å². The van der Waals surface area contributed by atoms with Crippen molar-refractivity contribution < 1.29 is 9.47 Å². The maximum Gasteiger partial charge on any atom is 0.194 e. The molecule has 0 fully saturated rings. The van der Waals surface area contributed by atoms with Crippen LogP contribution in [0.5, 0.6) is 5.75 Å². The van der Waals surface area contributed by atoms with Crippen molar-refractivity contribution in [1.29, 1.82) is 0 Å². The molecular weight excluding hydrogens is 394 g/mol. The van der Waals surface area contributed by atoms with E-state index in [1.54, 1.807) is 31.8 Å². The van der Waals surface area contributed by atoms with E-state index in [4.69, 9.17) is 9.47 Å². The average Bonchev–Trinajstić information content (AvgIpc) is 2.79. The third kappa shape index (κ3) is 4.17. The van der Waals surface area contributed by atoms with E-state index in [2.05, 4.69) is 48.6 Å². The minimum Gasteiger partial charge on any atom is -0.491 e. The Bertz CT molecular complexity index is 1330. The Kier molecular flexibility index (Phi) is 5.16. The number of aromatic nitrogens is 6. The Labute approximate surface area is 178 Å². The summed E-state index contributed by atoms with van der Waals surface area (Å²) in [5.74, 6) is 1.94. The zero-order valence-electron chi connectivity index (χ0n) is 16.9. The fourth-order valence-electron chi connectivity index (χ4n) is 3.30. The summed E-state index contributed by atoms with van der Waals surface area (Å²) in [7, 11) is 1.64. The molecule has 0 amide bonds. The Balaban J connectivity index is 1.32. The minimum absolute atomic E-state index is 0.476. The molecule has 0 atom stereocenters. The first kappa shape index (κ1) is 19.0. The lowest BCUT2D eigenvalue weighted by Crippen LogP contribution is -2.15. The third-order valence-electron chi connectivity index (χ3n) is 4.80. The van der Waals surface area contributed by atoms with Crippen LogP contribution in [0.2, 0.25) is 0 Å². The van der Waals surface area contributed by atoms with Gasteiger partial charge in [0.05, 0.1) is 24.9 Å². The number of nitrogens with one attached hydrogen (secondary N) is 2. The summed E-state index contributed by atoms with van der Waals surface area (Å²) in [6.07, 6.45) is 5.15. The fraction of sp³-hybridized carbons (Fsp3) is 0.182. The summed E-state index contributed by atoms with van der Waals surface area (Å²) < 4.78 is 12.6. The number of anilines is 2. The van der Waals surface area contributed by atoms with Crippen LogP contribution in [0, 0.1) is 0 Å². The van der Waals surface area contributed by atoms with Crippen molar-refractivity contribution in [3.05, 3.63) is 66.6 Å². The highest BCUT2D eigenvalue weighted by Crippen LogP contribution is 2.21. The van der Waals surface area contributed by atoms with E-state index in [0.29, 0.717) is 37.1 Å². The van der Waals surface area contributed by atoms with E-state index in [1.165, 1.54) is 0 Å². The molecule has 0 aliphatic rings. The van der Waals surface area contributed by atoms with Gasteiger partial charge in [0, 0.05) is 31.0 Å². The SMILES string of the molecule is COCCOc1ccnc(Nc2cnc3[nH]n(Cc4ccc5ncccc5c4)c3n2)c1. The topological polar surface area (TPSA) is 103 Å². The number of methoxy groups -OCH3 is 1. The van der Waals surface area contributed by atoms with Crippen molar-refractivity contribution in [1.82, 2.24) is 29.7 Å². The minimum atomic E-state index is 0.476. The lowest BCUT2D eigenvalue weighted by Gasteiger charge is -2.16. The molecule has 0 aliphatic heterocycles. The molecule has 5 rings (SSSR count). The maximum absolute atomic E-state index is 5.63. The van der Waals surface area contributed by atoms with Gasteiger partial charge in [0.1, 0.15) is 18.2 Å². The number of nitrogens with zero attached hydrogens (tertiary/aromatic N) is 5. The van der Waals surface area contributed by atoms with Crippen LogP contribution in [0.3, 0.4) is 0 Å². The number of ether oxygens (including phenoxy) is 2. The van der Waals surface area contributed by atoms with Crippen LogP contribution in [0.15, 0.2) is 61.1 Å². The summed E-state index contributed by atoms with van der Waals surface area (Å²) in [6.45, 7) is 1.67. The number of rotatable bonds is 8. The Morgan fingerprint density at radius 1 is 1.00 bits per heavy atom. The van der Waals surface area contributed by atoms with Gasteiger partial charge in [0.25, 0.3) is 0 Å². The zero-order valence-corrected chi connectivity index (χ0v) is 16.9. The highest BCUT2D eigenvalue weighted by atomic mass is 16.5. The molecule has 0 spiro atoms. The molecule has 0 radical (unpaired) electrons. The lowest BCUT2D eigenvalue weighted by molar-refractivity contribution is 0.146. The molecule has 9 heteroatoms. The van der Waals surface area contributed by atoms with Crippen LogP contribution in [0.1, 0.15) is 5.56 Å². The van der Waals surface area contributed by atoms with Crippen molar-refractivity contribution in [3.8, 4) is 5.75 Å². The lowest BCUT2D eigenvalue weighted by atomic mass is 10.1.